The van der Waals surface area contributed by atoms with Gasteiger partial charge in [0, 0.05) is 6.54 Å². The first-order chi connectivity index (χ1) is 11.6. The van der Waals surface area contributed by atoms with Crippen LogP contribution in [-0.2, 0) is 6.54 Å². The Morgan fingerprint density at radius 2 is 1.92 bits per heavy atom. The highest BCUT2D eigenvalue weighted by Crippen LogP contribution is 2.25. The van der Waals surface area contributed by atoms with Crippen molar-refractivity contribution in [2.45, 2.75) is 25.7 Å². The fourth-order valence-electron chi connectivity index (χ4n) is 2.53. The van der Waals surface area contributed by atoms with Crippen LogP contribution in [0.3, 0.4) is 0 Å². The maximum Gasteiger partial charge on any atom is 0.232 e. The van der Waals surface area contributed by atoms with E-state index in [9.17, 15) is 5.11 Å². The van der Waals surface area contributed by atoms with Crippen molar-refractivity contribution in [2.75, 3.05) is 32.2 Å². The zero-order valence-electron chi connectivity index (χ0n) is 13.9. The standard InChI is InChI=1S/C15H21N5O4/c1-4-20-7-10(6-16-20)24-12-9-19(8-11(12)21)15-17-13(22-2)5-14(18-15)23-3/h5-7,11-12,21H,4,8-9H2,1-3H3/t11-,12-/m1/s1. The third-order valence-electron chi connectivity index (χ3n) is 3.83. The van der Waals surface area contributed by atoms with Crippen molar-refractivity contribution in [3.63, 3.8) is 0 Å². The number of hydrogen-bond acceptors (Lipinski definition) is 8. The summed E-state index contributed by atoms with van der Waals surface area (Å²) in [7, 11) is 3.06. The van der Waals surface area contributed by atoms with Gasteiger partial charge in [0.2, 0.25) is 17.7 Å². The normalized spacial score (nSPS) is 20.2. The van der Waals surface area contributed by atoms with Gasteiger partial charge >= 0.3 is 0 Å². The predicted octanol–water partition coefficient (Wildman–Crippen LogP) is 0.339. The Balaban J connectivity index is 1.73. The molecule has 3 heterocycles. The lowest BCUT2D eigenvalue weighted by Gasteiger charge is -2.17. The van der Waals surface area contributed by atoms with Crippen molar-refractivity contribution in [1.82, 2.24) is 19.7 Å². The predicted molar refractivity (Wildman–Crippen MR) is 85.7 cm³/mol. The van der Waals surface area contributed by atoms with E-state index in [-0.39, 0.29) is 6.10 Å². The zero-order valence-corrected chi connectivity index (χ0v) is 13.9. The molecule has 9 nitrogen and oxygen atoms in total. The monoisotopic (exact) mass is 335 g/mol. The quantitative estimate of drug-likeness (QED) is 0.807. The van der Waals surface area contributed by atoms with E-state index >= 15 is 0 Å². The van der Waals surface area contributed by atoms with Crippen LogP contribution < -0.4 is 19.1 Å². The Morgan fingerprint density at radius 1 is 1.21 bits per heavy atom. The summed E-state index contributed by atoms with van der Waals surface area (Å²) in [5.41, 5.74) is 0. The number of nitrogens with zero attached hydrogens (tertiary/aromatic N) is 5. The number of aromatic nitrogens is 4. The molecule has 0 aromatic carbocycles. The number of ether oxygens (including phenoxy) is 3. The number of anilines is 1. The molecule has 0 saturated carbocycles. The average Bonchev–Trinajstić information content (AvgIpc) is 3.21. The first-order valence-corrected chi connectivity index (χ1v) is 7.72. The lowest BCUT2D eigenvalue weighted by molar-refractivity contribution is 0.0737. The van der Waals surface area contributed by atoms with Gasteiger partial charge in [-0.2, -0.15) is 15.1 Å². The van der Waals surface area contributed by atoms with Crippen LogP contribution in [0.5, 0.6) is 17.5 Å². The molecule has 2 aromatic rings. The smallest absolute Gasteiger partial charge is 0.232 e. The lowest BCUT2D eigenvalue weighted by Crippen LogP contribution is -2.29. The van der Waals surface area contributed by atoms with Crippen molar-refractivity contribution in [1.29, 1.82) is 0 Å². The summed E-state index contributed by atoms with van der Waals surface area (Å²) < 4.78 is 17.9. The third-order valence-corrected chi connectivity index (χ3v) is 3.83. The summed E-state index contributed by atoms with van der Waals surface area (Å²) in [6.45, 7) is 3.58. The highest BCUT2D eigenvalue weighted by Gasteiger charge is 2.35. The number of rotatable bonds is 6. The van der Waals surface area contributed by atoms with Crippen LogP contribution in [0.1, 0.15) is 6.92 Å². The molecule has 2 aromatic heterocycles. The van der Waals surface area contributed by atoms with Crippen LogP contribution in [0.2, 0.25) is 0 Å². The second-order valence-electron chi connectivity index (χ2n) is 5.41. The second kappa shape index (κ2) is 6.91. The minimum absolute atomic E-state index is 0.364. The van der Waals surface area contributed by atoms with Gasteiger partial charge < -0.3 is 24.2 Å². The maximum absolute atomic E-state index is 10.3. The van der Waals surface area contributed by atoms with Crippen LogP contribution in [0.15, 0.2) is 18.5 Å². The molecule has 1 N–H and O–H groups in total. The fraction of sp³-hybridized carbons (Fsp3) is 0.533. The van der Waals surface area contributed by atoms with Crippen molar-refractivity contribution < 1.29 is 19.3 Å². The van der Waals surface area contributed by atoms with Crippen LogP contribution >= 0.6 is 0 Å². The molecule has 3 rings (SSSR count). The summed E-state index contributed by atoms with van der Waals surface area (Å²) in [6.07, 6.45) is 2.40. The number of β-amino-alcohol motifs (C(OH)–C–C–N with tert-alkyl or cyclic N) is 1. The van der Waals surface area contributed by atoms with E-state index in [2.05, 4.69) is 15.1 Å². The molecular formula is C15H21N5O4. The van der Waals surface area contributed by atoms with Gasteiger partial charge in [0.25, 0.3) is 0 Å². The van der Waals surface area contributed by atoms with E-state index in [1.165, 1.54) is 14.2 Å². The number of aliphatic hydroxyl groups excluding tert-OH is 1. The second-order valence-corrected chi connectivity index (χ2v) is 5.41. The Kier molecular flexibility index (Phi) is 4.70. The molecule has 1 saturated heterocycles. The summed E-state index contributed by atoms with van der Waals surface area (Å²) in [6, 6.07) is 1.60. The van der Waals surface area contributed by atoms with Gasteiger partial charge in [0.05, 0.1) is 45.8 Å². The van der Waals surface area contributed by atoms with Gasteiger partial charge in [-0.15, -0.1) is 0 Å². The van der Waals surface area contributed by atoms with E-state index in [1.807, 2.05) is 11.8 Å². The largest absolute Gasteiger partial charge is 0.482 e. The Hall–Kier alpha value is -2.55. The highest BCUT2D eigenvalue weighted by atomic mass is 16.5. The Bertz CT molecular complexity index is 670. The van der Waals surface area contributed by atoms with E-state index in [0.717, 1.165) is 6.54 Å². The molecule has 24 heavy (non-hydrogen) atoms. The van der Waals surface area contributed by atoms with Crippen molar-refractivity contribution >= 4 is 5.95 Å². The van der Waals surface area contributed by atoms with Crippen LogP contribution in [0, 0.1) is 0 Å². The van der Waals surface area contributed by atoms with E-state index in [1.54, 1.807) is 23.1 Å². The minimum atomic E-state index is -0.657. The average molecular weight is 335 g/mol. The SMILES string of the molecule is CCn1cc(O[C@@H]2CN(c3nc(OC)cc(OC)n3)C[C@H]2O)cn1. The van der Waals surface area contributed by atoms with Gasteiger partial charge in [-0.25, -0.2) is 0 Å². The van der Waals surface area contributed by atoms with Gasteiger partial charge in [0.1, 0.15) is 12.2 Å². The molecule has 9 heteroatoms. The Labute approximate surface area is 139 Å². The molecular weight excluding hydrogens is 314 g/mol. The van der Waals surface area contributed by atoms with Crippen LogP contribution in [0.25, 0.3) is 0 Å². The first kappa shape index (κ1) is 16.3. The van der Waals surface area contributed by atoms with E-state index < -0.39 is 6.10 Å². The van der Waals surface area contributed by atoms with Gasteiger partial charge in [-0.1, -0.05) is 0 Å². The molecule has 1 fully saturated rings. The number of aliphatic hydroxyl groups is 1. The van der Waals surface area contributed by atoms with Crippen molar-refractivity contribution in [3.05, 3.63) is 18.5 Å². The summed E-state index contributed by atoms with van der Waals surface area (Å²) >= 11 is 0. The van der Waals surface area contributed by atoms with E-state index in [0.29, 0.717) is 36.5 Å². The Morgan fingerprint density at radius 3 is 2.50 bits per heavy atom. The molecule has 2 atom stereocenters. The number of methoxy groups -OCH3 is 2. The lowest BCUT2D eigenvalue weighted by atomic mass is 10.3. The van der Waals surface area contributed by atoms with Crippen molar-refractivity contribution in [2.24, 2.45) is 0 Å². The first-order valence-electron chi connectivity index (χ1n) is 7.72. The molecule has 0 bridgehead atoms. The summed E-state index contributed by atoms with van der Waals surface area (Å²) in [4.78, 5) is 10.4. The summed E-state index contributed by atoms with van der Waals surface area (Å²) in [5, 5.41) is 14.5. The topological polar surface area (TPSA) is 94.8 Å². The number of aryl methyl sites for hydroxylation is 1. The fourth-order valence-corrected chi connectivity index (χ4v) is 2.53. The van der Waals surface area contributed by atoms with Gasteiger partial charge in [0.15, 0.2) is 5.75 Å². The molecule has 0 unspecified atom stereocenters. The molecule has 1 aliphatic rings. The maximum atomic E-state index is 10.3. The van der Waals surface area contributed by atoms with Crippen LogP contribution in [-0.4, -0.2) is 64.4 Å². The van der Waals surface area contributed by atoms with Crippen molar-refractivity contribution in [3.8, 4) is 17.5 Å². The van der Waals surface area contributed by atoms with Crippen LogP contribution in [0.4, 0.5) is 5.95 Å². The molecule has 130 valence electrons. The van der Waals surface area contributed by atoms with Gasteiger partial charge in [-0.05, 0) is 6.92 Å². The van der Waals surface area contributed by atoms with Gasteiger partial charge in [-0.3, -0.25) is 4.68 Å². The number of hydrogen-bond donors (Lipinski definition) is 1. The summed E-state index contributed by atoms with van der Waals surface area (Å²) in [5.74, 6) is 1.87. The molecule has 0 spiro atoms. The molecule has 1 aliphatic heterocycles. The zero-order chi connectivity index (χ0) is 17.1. The van der Waals surface area contributed by atoms with E-state index in [4.69, 9.17) is 14.2 Å². The molecule has 0 aliphatic carbocycles. The third kappa shape index (κ3) is 3.35. The minimum Gasteiger partial charge on any atom is -0.482 e. The molecule has 0 amide bonds. The highest BCUT2D eigenvalue weighted by molar-refractivity contribution is 5.39. The molecule has 0 radical (unpaired) electrons.